The molecule has 31 heavy (non-hydrogen) atoms. The number of hydrogen-bond donors (Lipinski definition) is 0. The van der Waals surface area contributed by atoms with Crippen LogP contribution in [0.2, 0.25) is 0 Å². The van der Waals surface area contributed by atoms with Gasteiger partial charge in [-0.25, -0.2) is 0 Å². The number of amides is 1. The molecule has 0 radical (unpaired) electrons. The van der Waals surface area contributed by atoms with E-state index in [1.165, 1.54) is 11.3 Å². The summed E-state index contributed by atoms with van der Waals surface area (Å²) in [7, 11) is 0. The SMILES string of the molecule is CCCCOc1cccc(C(=O)N=c2sc3c(C)cc(C)cc3n2CC(=O)OCC)c1. The Kier molecular flexibility index (Phi) is 7.63. The highest BCUT2D eigenvalue weighted by atomic mass is 32.1. The van der Waals surface area contributed by atoms with Crippen molar-refractivity contribution < 1.29 is 19.1 Å². The standard InChI is InChI=1S/C24H28N2O4S/c1-5-7-11-30-19-10-8-9-18(14-19)23(28)25-24-26(15-21(27)29-6-2)20-13-16(3)12-17(4)22(20)31-24/h8-10,12-14H,5-7,11,15H2,1-4H3. The van der Waals surface area contributed by atoms with Gasteiger partial charge in [-0.3, -0.25) is 9.59 Å². The smallest absolute Gasteiger partial charge is 0.326 e. The number of unbranched alkanes of at least 4 members (excludes halogenated alkanes) is 1. The van der Waals surface area contributed by atoms with Gasteiger partial charge in [0.25, 0.3) is 5.91 Å². The topological polar surface area (TPSA) is 69.9 Å². The zero-order valence-corrected chi connectivity index (χ0v) is 19.3. The van der Waals surface area contributed by atoms with Gasteiger partial charge in [0.05, 0.1) is 23.4 Å². The van der Waals surface area contributed by atoms with Crippen LogP contribution < -0.4 is 9.54 Å². The van der Waals surface area contributed by atoms with Gasteiger partial charge >= 0.3 is 5.97 Å². The number of benzene rings is 2. The maximum absolute atomic E-state index is 12.9. The number of thiazole rings is 1. The summed E-state index contributed by atoms with van der Waals surface area (Å²) in [6.45, 7) is 8.81. The van der Waals surface area contributed by atoms with E-state index in [0.717, 1.165) is 34.2 Å². The van der Waals surface area contributed by atoms with Crippen LogP contribution in [0.3, 0.4) is 0 Å². The molecule has 0 aliphatic heterocycles. The Labute approximate surface area is 186 Å². The van der Waals surface area contributed by atoms with Gasteiger partial charge in [-0.15, -0.1) is 0 Å². The van der Waals surface area contributed by atoms with E-state index in [-0.39, 0.29) is 18.4 Å². The Morgan fingerprint density at radius 2 is 1.94 bits per heavy atom. The van der Waals surface area contributed by atoms with Crippen LogP contribution in [0.1, 0.15) is 48.2 Å². The lowest BCUT2D eigenvalue weighted by atomic mass is 10.1. The number of fused-ring (bicyclic) bond motifs is 1. The van der Waals surface area contributed by atoms with Gasteiger partial charge in [0.1, 0.15) is 12.3 Å². The van der Waals surface area contributed by atoms with Crippen molar-refractivity contribution in [2.45, 2.75) is 47.1 Å². The lowest BCUT2D eigenvalue weighted by molar-refractivity contribution is -0.143. The van der Waals surface area contributed by atoms with Gasteiger partial charge in [0.15, 0.2) is 4.80 Å². The van der Waals surface area contributed by atoms with Crippen molar-refractivity contribution in [3.05, 3.63) is 57.9 Å². The maximum atomic E-state index is 12.9. The second-order valence-corrected chi connectivity index (χ2v) is 8.33. The molecule has 0 saturated heterocycles. The van der Waals surface area contributed by atoms with Crippen LogP contribution in [0.4, 0.5) is 0 Å². The summed E-state index contributed by atoms with van der Waals surface area (Å²) >= 11 is 1.40. The molecule has 6 nitrogen and oxygen atoms in total. The third-order valence-corrected chi connectivity index (χ3v) is 5.98. The number of aromatic nitrogens is 1. The Balaban J connectivity index is 2.02. The molecule has 2 aromatic carbocycles. The summed E-state index contributed by atoms with van der Waals surface area (Å²) in [4.78, 5) is 30.0. The van der Waals surface area contributed by atoms with E-state index in [2.05, 4.69) is 18.0 Å². The highest BCUT2D eigenvalue weighted by Gasteiger charge is 2.15. The molecule has 1 aromatic heterocycles. The largest absolute Gasteiger partial charge is 0.494 e. The van der Waals surface area contributed by atoms with E-state index in [0.29, 0.717) is 29.3 Å². The second-order valence-electron chi connectivity index (χ2n) is 7.35. The quantitative estimate of drug-likeness (QED) is 0.373. The molecule has 0 N–H and O–H groups in total. The number of nitrogens with zero attached hydrogens (tertiary/aromatic N) is 2. The molecule has 1 heterocycles. The van der Waals surface area contributed by atoms with Gasteiger partial charge in [0, 0.05) is 5.56 Å². The molecular formula is C24H28N2O4S. The van der Waals surface area contributed by atoms with Gasteiger partial charge in [-0.2, -0.15) is 4.99 Å². The molecular weight excluding hydrogens is 412 g/mol. The number of hydrogen-bond acceptors (Lipinski definition) is 5. The van der Waals surface area contributed by atoms with E-state index < -0.39 is 0 Å². The molecule has 0 aliphatic carbocycles. The predicted molar refractivity (Wildman–Crippen MR) is 123 cm³/mol. The monoisotopic (exact) mass is 440 g/mol. The Bertz CT molecular complexity index is 1160. The third-order valence-electron chi connectivity index (χ3n) is 4.75. The summed E-state index contributed by atoms with van der Waals surface area (Å²) in [6.07, 6.45) is 2.00. The highest BCUT2D eigenvalue weighted by molar-refractivity contribution is 7.16. The number of rotatable bonds is 8. The van der Waals surface area contributed by atoms with Crippen LogP contribution in [-0.2, 0) is 16.1 Å². The van der Waals surface area contributed by atoms with Gasteiger partial charge in [-0.1, -0.05) is 36.8 Å². The van der Waals surface area contributed by atoms with E-state index in [1.54, 1.807) is 29.7 Å². The molecule has 3 rings (SSSR count). The fourth-order valence-electron chi connectivity index (χ4n) is 3.29. The first-order valence-corrected chi connectivity index (χ1v) is 11.3. The minimum Gasteiger partial charge on any atom is -0.494 e. The molecule has 3 aromatic rings. The van der Waals surface area contributed by atoms with E-state index >= 15 is 0 Å². The van der Waals surface area contributed by atoms with Crippen molar-refractivity contribution in [3.63, 3.8) is 0 Å². The summed E-state index contributed by atoms with van der Waals surface area (Å²) in [6, 6.07) is 11.1. The minimum atomic E-state index is -0.375. The third kappa shape index (κ3) is 5.61. The second kappa shape index (κ2) is 10.4. The number of carbonyl (C=O) groups excluding carboxylic acids is 2. The van der Waals surface area contributed by atoms with E-state index in [1.807, 2.05) is 26.0 Å². The van der Waals surface area contributed by atoms with Gasteiger partial charge in [-0.05, 0) is 62.6 Å². The molecule has 0 spiro atoms. The zero-order valence-electron chi connectivity index (χ0n) is 18.4. The summed E-state index contributed by atoms with van der Waals surface area (Å²) in [5.41, 5.74) is 3.48. The van der Waals surface area contributed by atoms with Crippen LogP contribution in [0.25, 0.3) is 10.2 Å². The molecule has 0 saturated carbocycles. The molecule has 0 fully saturated rings. The van der Waals surface area contributed by atoms with Crippen molar-refractivity contribution >= 4 is 33.4 Å². The Morgan fingerprint density at radius 1 is 1.13 bits per heavy atom. The van der Waals surface area contributed by atoms with E-state index in [4.69, 9.17) is 9.47 Å². The van der Waals surface area contributed by atoms with Crippen molar-refractivity contribution in [1.82, 2.24) is 4.57 Å². The molecule has 7 heteroatoms. The van der Waals surface area contributed by atoms with Gasteiger partial charge in [0.2, 0.25) is 0 Å². The molecule has 1 amide bonds. The summed E-state index contributed by atoms with van der Waals surface area (Å²) < 4.78 is 13.6. The molecule has 0 bridgehead atoms. The lowest BCUT2D eigenvalue weighted by Crippen LogP contribution is -2.23. The van der Waals surface area contributed by atoms with Crippen molar-refractivity contribution in [2.75, 3.05) is 13.2 Å². The van der Waals surface area contributed by atoms with Crippen LogP contribution >= 0.6 is 11.3 Å². The molecule has 0 aliphatic rings. The normalized spacial score (nSPS) is 11.7. The molecule has 0 atom stereocenters. The highest BCUT2D eigenvalue weighted by Crippen LogP contribution is 2.24. The number of aryl methyl sites for hydroxylation is 2. The Hall–Kier alpha value is -2.93. The number of ether oxygens (including phenoxy) is 2. The predicted octanol–water partition coefficient (Wildman–Crippen LogP) is 4.80. The maximum Gasteiger partial charge on any atom is 0.326 e. The average Bonchev–Trinajstić information content (AvgIpc) is 3.06. The molecule has 0 unspecified atom stereocenters. The fraction of sp³-hybridized carbons (Fsp3) is 0.375. The fourth-order valence-corrected chi connectivity index (χ4v) is 4.37. The number of esters is 1. The van der Waals surface area contributed by atoms with E-state index in [9.17, 15) is 9.59 Å². The zero-order chi connectivity index (χ0) is 22.4. The first kappa shape index (κ1) is 22.7. The van der Waals surface area contributed by atoms with Crippen LogP contribution in [-0.4, -0.2) is 29.7 Å². The molecule has 164 valence electrons. The minimum absolute atomic E-state index is 0.00299. The van der Waals surface area contributed by atoms with Gasteiger partial charge < -0.3 is 14.0 Å². The van der Waals surface area contributed by atoms with Crippen molar-refractivity contribution in [1.29, 1.82) is 0 Å². The lowest BCUT2D eigenvalue weighted by Gasteiger charge is -2.07. The van der Waals surface area contributed by atoms with Crippen molar-refractivity contribution in [2.24, 2.45) is 4.99 Å². The summed E-state index contributed by atoms with van der Waals surface area (Å²) in [5.74, 6) is -0.0854. The van der Waals surface area contributed by atoms with Crippen LogP contribution in [0.15, 0.2) is 41.4 Å². The van der Waals surface area contributed by atoms with Crippen LogP contribution in [0, 0.1) is 13.8 Å². The summed E-state index contributed by atoms with van der Waals surface area (Å²) in [5, 5.41) is 0. The van der Waals surface area contributed by atoms with Crippen LogP contribution in [0.5, 0.6) is 5.75 Å². The number of carbonyl (C=O) groups is 2. The first-order chi connectivity index (χ1) is 14.9. The van der Waals surface area contributed by atoms with Crippen molar-refractivity contribution in [3.8, 4) is 5.75 Å². The average molecular weight is 441 g/mol. The first-order valence-electron chi connectivity index (χ1n) is 10.5. The Morgan fingerprint density at radius 3 is 2.68 bits per heavy atom.